The Morgan fingerprint density at radius 2 is 1.48 bits per heavy atom. The number of halogens is 1. The number of benzene rings is 2. The van der Waals surface area contributed by atoms with Gasteiger partial charge >= 0.3 is 11.9 Å². The van der Waals surface area contributed by atoms with E-state index in [2.05, 4.69) is 22.9 Å². The van der Waals surface area contributed by atoms with Gasteiger partial charge in [-0.1, -0.05) is 61.0 Å². The number of esters is 2. The van der Waals surface area contributed by atoms with Gasteiger partial charge in [0.05, 0.1) is 17.7 Å². The molecule has 0 spiro atoms. The highest BCUT2D eigenvalue weighted by molar-refractivity contribution is 9.10. The Hall–Kier alpha value is -2.14. The van der Waals surface area contributed by atoms with E-state index in [1.165, 1.54) is 31.7 Å². The van der Waals surface area contributed by atoms with E-state index < -0.39 is 11.9 Å². The Labute approximate surface area is 169 Å². The number of hydrogen-bond acceptors (Lipinski definition) is 4. The first-order valence-electron chi connectivity index (χ1n) is 9.35. The Balaban J connectivity index is 1.83. The molecule has 0 bridgehead atoms. The van der Waals surface area contributed by atoms with Gasteiger partial charge in [-0.3, -0.25) is 0 Å². The smallest absolute Gasteiger partial charge is 0.343 e. The largest absolute Gasteiger partial charge is 0.462 e. The van der Waals surface area contributed by atoms with Crippen LogP contribution in [0.15, 0.2) is 53.0 Å². The monoisotopic (exact) mass is 432 g/mol. The molecule has 2 aromatic rings. The zero-order chi connectivity index (χ0) is 19.5. The first-order chi connectivity index (χ1) is 13.1. The van der Waals surface area contributed by atoms with Crippen molar-refractivity contribution in [2.24, 2.45) is 0 Å². The van der Waals surface area contributed by atoms with E-state index >= 15 is 0 Å². The Kier molecular flexibility index (Phi) is 9.05. The predicted octanol–water partition coefficient (Wildman–Crippen LogP) is 6.19. The second-order valence-corrected chi connectivity index (χ2v) is 7.24. The summed E-state index contributed by atoms with van der Waals surface area (Å²) >= 11 is 3.33. The van der Waals surface area contributed by atoms with Crippen molar-refractivity contribution in [2.75, 3.05) is 6.61 Å². The topological polar surface area (TPSA) is 52.6 Å². The summed E-state index contributed by atoms with van der Waals surface area (Å²) in [5.74, 6) is -0.482. The zero-order valence-corrected chi connectivity index (χ0v) is 17.2. The number of ether oxygens (including phenoxy) is 2. The normalized spacial score (nSPS) is 10.4. The molecule has 0 aromatic heterocycles. The van der Waals surface area contributed by atoms with E-state index in [1.807, 2.05) is 0 Å². The molecule has 0 saturated carbocycles. The summed E-state index contributed by atoms with van der Waals surface area (Å²) in [6.45, 7) is 2.59. The maximum absolute atomic E-state index is 12.3. The maximum Gasteiger partial charge on any atom is 0.343 e. The van der Waals surface area contributed by atoms with Gasteiger partial charge in [0, 0.05) is 4.47 Å². The summed E-state index contributed by atoms with van der Waals surface area (Å²) in [5.41, 5.74) is 0.665. The van der Waals surface area contributed by atoms with Gasteiger partial charge in [-0.25, -0.2) is 9.59 Å². The third-order valence-electron chi connectivity index (χ3n) is 4.09. The minimum Gasteiger partial charge on any atom is -0.462 e. The highest BCUT2D eigenvalue weighted by atomic mass is 79.9. The lowest BCUT2D eigenvalue weighted by atomic mass is 10.1. The van der Waals surface area contributed by atoms with E-state index in [0.717, 1.165) is 17.3 Å². The third-order valence-corrected chi connectivity index (χ3v) is 4.62. The van der Waals surface area contributed by atoms with Gasteiger partial charge in [-0.15, -0.1) is 0 Å². The van der Waals surface area contributed by atoms with Crippen molar-refractivity contribution in [2.45, 2.75) is 45.4 Å². The molecule has 0 heterocycles. The first kappa shape index (κ1) is 21.2. The van der Waals surface area contributed by atoms with E-state index in [-0.39, 0.29) is 0 Å². The molecule has 0 atom stereocenters. The summed E-state index contributed by atoms with van der Waals surface area (Å²) in [4.78, 5) is 24.4. The molecular weight excluding hydrogens is 408 g/mol. The highest BCUT2D eigenvalue weighted by Crippen LogP contribution is 2.18. The van der Waals surface area contributed by atoms with Crippen molar-refractivity contribution in [3.63, 3.8) is 0 Å². The van der Waals surface area contributed by atoms with Crippen LogP contribution >= 0.6 is 15.9 Å². The number of hydrogen-bond donors (Lipinski definition) is 0. The van der Waals surface area contributed by atoms with Crippen molar-refractivity contribution in [1.29, 1.82) is 0 Å². The van der Waals surface area contributed by atoms with Crippen molar-refractivity contribution in [1.82, 2.24) is 0 Å². The molecule has 0 amide bonds. The van der Waals surface area contributed by atoms with Crippen LogP contribution in [0.25, 0.3) is 0 Å². The van der Waals surface area contributed by atoms with Crippen LogP contribution in [0.3, 0.4) is 0 Å². The lowest BCUT2D eigenvalue weighted by Crippen LogP contribution is -2.11. The Bertz CT molecular complexity index is 740. The third kappa shape index (κ3) is 7.55. The van der Waals surface area contributed by atoms with Crippen molar-refractivity contribution < 1.29 is 19.1 Å². The SMILES string of the molecule is CCCCCCCCOC(=O)c1cccc(C(=O)Oc2ccc(Br)cc2)c1. The summed E-state index contributed by atoms with van der Waals surface area (Å²) in [5, 5.41) is 0. The van der Waals surface area contributed by atoms with Crippen LogP contribution in [0.1, 0.15) is 66.2 Å². The van der Waals surface area contributed by atoms with Crippen LogP contribution in [0, 0.1) is 0 Å². The predicted molar refractivity (Wildman–Crippen MR) is 109 cm³/mol. The number of unbranched alkanes of at least 4 members (excludes halogenated alkanes) is 5. The molecule has 4 nitrogen and oxygen atoms in total. The lowest BCUT2D eigenvalue weighted by molar-refractivity contribution is 0.0497. The quantitative estimate of drug-likeness (QED) is 0.255. The van der Waals surface area contributed by atoms with Gasteiger partial charge in [-0.05, 0) is 48.9 Å². The van der Waals surface area contributed by atoms with Crippen molar-refractivity contribution in [3.05, 3.63) is 64.1 Å². The molecule has 27 heavy (non-hydrogen) atoms. The Morgan fingerprint density at radius 3 is 2.19 bits per heavy atom. The standard InChI is InChI=1S/C22H25BrO4/c1-2-3-4-5-6-7-15-26-21(24)17-9-8-10-18(16-17)22(25)27-20-13-11-19(23)12-14-20/h8-14,16H,2-7,15H2,1H3. The van der Waals surface area contributed by atoms with Gasteiger partial charge in [0.25, 0.3) is 0 Å². The molecule has 0 N–H and O–H groups in total. The average molecular weight is 433 g/mol. The summed E-state index contributed by atoms with van der Waals surface area (Å²) in [6, 6.07) is 13.4. The molecule has 144 valence electrons. The summed E-state index contributed by atoms with van der Waals surface area (Å²) in [6.07, 6.45) is 6.79. The van der Waals surface area contributed by atoms with E-state index in [4.69, 9.17) is 9.47 Å². The Morgan fingerprint density at radius 1 is 0.852 bits per heavy atom. The van der Waals surface area contributed by atoms with Crippen molar-refractivity contribution >= 4 is 27.9 Å². The molecule has 0 aliphatic rings. The fourth-order valence-corrected chi connectivity index (χ4v) is 2.84. The minimum atomic E-state index is -0.511. The van der Waals surface area contributed by atoms with E-state index in [9.17, 15) is 9.59 Å². The molecule has 0 unspecified atom stereocenters. The van der Waals surface area contributed by atoms with Crippen LogP contribution in [0.5, 0.6) is 5.75 Å². The molecule has 0 aliphatic heterocycles. The van der Waals surface area contributed by atoms with E-state index in [0.29, 0.717) is 23.5 Å². The second kappa shape index (κ2) is 11.5. The zero-order valence-electron chi connectivity index (χ0n) is 15.6. The molecule has 5 heteroatoms. The number of rotatable bonds is 10. The molecule has 0 saturated heterocycles. The van der Waals surface area contributed by atoms with Gasteiger partial charge in [0.2, 0.25) is 0 Å². The molecule has 2 aromatic carbocycles. The van der Waals surface area contributed by atoms with Gasteiger partial charge < -0.3 is 9.47 Å². The maximum atomic E-state index is 12.3. The average Bonchev–Trinajstić information content (AvgIpc) is 2.69. The van der Waals surface area contributed by atoms with Crippen LogP contribution in [-0.2, 0) is 4.74 Å². The second-order valence-electron chi connectivity index (χ2n) is 6.33. The number of carbonyl (C=O) groups is 2. The number of carbonyl (C=O) groups excluding carboxylic acids is 2. The lowest BCUT2D eigenvalue weighted by Gasteiger charge is -2.07. The first-order valence-corrected chi connectivity index (χ1v) is 10.1. The fourth-order valence-electron chi connectivity index (χ4n) is 2.57. The fraction of sp³-hybridized carbons (Fsp3) is 0.364. The van der Waals surface area contributed by atoms with Crippen LogP contribution < -0.4 is 4.74 Å². The summed E-state index contributed by atoms with van der Waals surface area (Å²) < 4.78 is 11.5. The van der Waals surface area contributed by atoms with Gasteiger partial charge in [0.1, 0.15) is 5.75 Å². The minimum absolute atomic E-state index is 0.312. The highest BCUT2D eigenvalue weighted by Gasteiger charge is 2.13. The molecular formula is C22H25BrO4. The summed E-state index contributed by atoms with van der Waals surface area (Å²) in [7, 11) is 0. The van der Waals surface area contributed by atoms with Crippen LogP contribution in [0.2, 0.25) is 0 Å². The van der Waals surface area contributed by atoms with Crippen LogP contribution in [-0.4, -0.2) is 18.5 Å². The van der Waals surface area contributed by atoms with E-state index in [1.54, 1.807) is 42.5 Å². The molecule has 0 aliphatic carbocycles. The molecule has 0 fully saturated rings. The molecule has 2 rings (SSSR count). The van der Waals surface area contributed by atoms with Gasteiger partial charge in [0.15, 0.2) is 0 Å². The van der Waals surface area contributed by atoms with Gasteiger partial charge in [-0.2, -0.15) is 0 Å². The van der Waals surface area contributed by atoms with Crippen molar-refractivity contribution in [3.8, 4) is 5.75 Å². The van der Waals surface area contributed by atoms with Crippen LogP contribution in [0.4, 0.5) is 0 Å². The molecule has 0 radical (unpaired) electrons.